The van der Waals surface area contributed by atoms with Gasteiger partial charge >= 0.3 is 187 Å². The van der Waals surface area contributed by atoms with Crippen molar-refractivity contribution in [2.24, 2.45) is 0 Å². The van der Waals surface area contributed by atoms with Crippen molar-refractivity contribution in [3.63, 3.8) is 0 Å². The average molecular weight is 478 g/mol. The van der Waals surface area contributed by atoms with Crippen LogP contribution in [0.4, 0.5) is 0 Å². The first-order chi connectivity index (χ1) is 14.6. The first kappa shape index (κ1) is 19.2. The van der Waals surface area contributed by atoms with E-state index in [4.69, 9.17) is 0 Å². The van der Waals surface area contributed by atoms with E-state index in [0.29, 0.717) is 0 Å². The van der Waals surface area contributed by atoms with Gasteiger partial charge < -0.3 is 0 Å². The molecule has 4 aromatic carbocycles. The second-order valence-electron chi connectivity index (χ2n) is 7.86. The molecule has 0 saturated carbocycles. The van der Waals surface area contributed by atoms with E-state index in [-0.39, 0.29) is 12.1 Å². The molecule has 0 amide bonds. The predicted molar refractivity (Wildman–Crippen MR) is 121 cm³/mol. The van der Waals surface area contributed by atoms with Gasteiger partial charge in [0.1, 0.15) is 0 Å². The Morgan fingerprint density at radius 3 is 1.43 bits per heavy atom. The number of fused-ring (bicyclic) bond motifs is 2. The molecular weight excluding hydrogens is 453 g/mol. The molecule has 5 aromatic rings. The molecule has 150 valence electrons. The van der Waals surface area contributed by atoms with Crippen LogP contribution in [-0.2, 0) is 17.9 Å². The van der Waals surface area contributed by atoms with Crippen molar-refractivity contribution < 1.29 is 17.9 Å². The van der Waals surface area contributed by atoms with Crippen LogP contribution in [0.15, 0.2) is 97.3 Å². The normalized spacial score (nSPS) is 13.6. The molecule has 0 N–H and O–H groups in total. The summed E-state index contributed by atoms with van der Waals surface area (Å²) in [5, 5.41) is 5.22. The molecule has 0 aliphatic heterocycles. The van der Waals surface area contributed by atoms with E-state index in [1.165, 1.54) is 36.7 Å². The van der Waals surface area contributed by atoms with Gasteiger partial charge in [-0.05, 0) is 0 Å². The number of imidazole rings is 1. The molecule has 0 spiro atoms. The third-order valence-corrected chi connectivity index (χ3v) is 7.08. The van der Waals surface area contributed by atoms with Crippen LogP contribution in [0, 0.1) is 4.01 Å². The number of nitrogens with zero attached hydrogens (tertiary/aromatic N) is 2. The van der Waals surface area contributed by atoms with Crippen LogP contribution < -0.4 is 0 Å². The number of rotatable bonds is 4. The molecule has 1 heterocycles. The topological polar surface area (TPSA) is 9.86 Å². The zero-order valence-electron chi connectivity index (χ0n) is 17.1. The van der Waals surface area contributed by atoms with Gasteiger partial charge in [0.15, 0.2) is 0 Å². The van der Waals surface area contributed by atoms with Crippen molar-refractivity contribution in [2.45, 2.75) is 25.9 Å². The minimum atomic E-state index is 0.244. The van der Waals surface area contributed by atoms with E-state index in [9.17, 15) is 0 Å². The van der Waals surface area contributed by atoms with E-state index >= 15 is 0 Å². The van der Waals surface area contributed by atoms with Crippen molar-refractivity contribution in [3.05, 3.63) is 112 Å². The van der Waals surface area contributed by atoms with Gasteiger partial charge in [0, 0.05) is 0 Å². The number of benzene rings is 4. The van der Waals surface area contributed by atoms with Crippen molar-refractivity contribution in [2.75, 3.05) is 0 Å². The van der Waals surface area contributed by atoms with Gasteiger partial charge in [-0.15, -0.1) is 0 Å². The number of hydrogen-bond donors (Lipinski definition) is 0. The molecule has 0 saturated heterocycles. The Balaban J connectivity index is 1.57. The van der Waals surface area contributed by atoms with Crippen LogP contribution in [0.2, 0.25) is 0 Å². The summed E-state index contributed by atoms with van der Waals surface area (Å²) in [6.45, 7) is 4.56. The minimum absolute atomic E-state index is 0.244. The standard InChI is InChI=1S/C27H24N2.Ru/c1-20(24-15-7-11-22-9-3-5-13-26(22)24)28-17-18-29(19-28)21(2)25-16-8-12-23-10-4-6-14-27(23)25;/h3-18,20-21H,1-2H3;/t20-,21-;/m1./s1. The molecule has 0 bridgehead atoms. The molecule has 30 heavy (non-hydrogen) atoms. The molecule has 1 aromatic heterocycles. The van der Waals surface area contributed by atoms with Crippen LogP contribution in [0.25, 0.3) is 21.5 Å². The SMILES string of the molecule is C[C@H](c1cccc2ccccc12)n1ccn([C@H](C)c2cccc3ccccc23)[c]1=[Ru]. The van der Waals surface area contributed by atoms with Gasteiger partial charge in [0.2, 0.25) is 0 Å². The predicted octanol–water partition coefficient (Wildman–Crippen LogP) is 6.89. The Bertz CT molecular complexity index is 1290. The maximum atomic E-state index is 2.85. The molecular formula is C27H24N2Ru. The summed E-state index contributed by atoms with van der Waals surface area (Å²) >= 11 is 2.85. The van der Waals surface area contributed by atoms with Gasteiger partial charge in [0.05, 0.1) is 0 Å². The van der Waals surface area contributed by atoms with Crippen LogP contribution in [0.3, 0.4) is 0 Å². The average Bonchev–Trinajstić information content (AvgIpc) is 3.18. The van der Waals surface area contributed by atoms with Gasteiger partial charge in [-0.1, -0.05) is 0 Å². The molecule has 0 unspecified atom stereocenters. The first-order valence-corrected chi connectivity index (χ1v) is 11.2. The van der Waals surface area contributed by atoms with Gasteiger partial charge in [-0.3, -0.25) is 0 Å². The van der Waals surface area contributed by atoms with Crippen molar-refractivity contribution in [3.8, 4) is 0 Å². The molecule has 0 aliphatic carbocycles. The second-order valence-corrected chi connectivity index (χ2v) is 8.64. The fourth-order valence-electron chi connectivity index (χ4n) is 4.49. The summed E-state index contributed by atoms with van der Waals surface area (Å²) in [5.74, 6) is 0. The Morgan fingerprint density at radius 1 is 0.567 bits per heavy atom. The fraction of sp³-hybridized carbons (Fsp3) is 0.148. The first-order valence-electron chi connectivity index (χ1n) is 10.4. The third kappa shape index (κ3) is 3.18. The van der Waals surface area contributed by atoms with Crippen LogP contribution >= 0.6 is 0 Å². The summed E-state index contributed by atoms with van der Waals surface area (Å²) in [6.07, 6.45) is 4.42. The summed E-state index contributed by atoms with van der Waals surface area (Å²) in [6, 6.07) is 31.0. The zero-order valence-corrected chi connectivity index (χ0v) is 18.9. The summed E-state index contributed by atoms with van der Waals surface area (Å²) in [7, 11) is 0. The van der Waals surface area contributed by atoms with Crippen molar-refractivity contribution in [1.29, 1.82) is 0 Å². The van der Waals surface area contributed by atoms with E-state index in [1.54, 1.807) is 0 Å². The van der Waals surface area contributed by atoms with Crippen LogP contribution in [-0.4, -0.2) is 9.13 Å². The summed E-state index contributed by atoms with van der Waals surface area (Å²) < 4.78 is 5.91. The van der Waals surface area contributed by atoms with Crippen LogP contribution in [0.1, 0.15) is 37.1 Å². The Morgan fingerprint density at radius 2 is 0.967 bits per heavy atom. The Hall–Kier alpha value is -2.77. The number of hydrogen-bond acceptors (Lipinski definition) is 0. The molecule has 2 nitrogen and oxygen atoms in total. The van der Waals surface area contributed by atoms with E-state index < -0.39 is 0 Å². The second kappa shape index (κ2) is 7.81. The van der Waals surface area contributed by atoms with Crippen molar-refractivity contribution in [1.82, 2.24) is 9.13 Å². The zero-order chi connectivity index (χ0) is 20.7. The molecule has 2 atom stereocenters. The monoisotopic (exact) mass is 478 g/mol. The molecule has 0 radical (unpaired) electrons. The maximum absolute atomic E-state index is 2.85. The quantitative estimate of drug-likeness (QED) is 0.249. The van der Waals surface area contributed by atoms with Crippen molar-refractivity contribution >= 4 is 21.5 Å². The van der Waals surface area contributed by atoms with Crippen LogP contribution in [0.5, 0.6) is 0 Å². The number of aromatic nitrogens is 2. The van der Waals surface area contributed by atoms with E-state index in [1.807, 2.05) is 0 Å². The van der Waals surface area contributed by atoms with Gasteiger partial charge in [-0.25, -0.2) is 0 Å². The fourth-order valence-corrected chi connectivity index (χ4v) is 5.43. The summed E-state index contributed by atoms with van der Waals surface area (Å²) in [4.78, 5) is 0. The van der Waals surface area contributed by atoms with Gasteiger partial charge in [-0.2, -0.15) is 0 Å². The summed E-state index contributed by atoms with van der Waals surface area (Å²) in [5.41, 5.74) is 2.69. The van der Waals surface area contributed by atoms with E-state index in [2.05, 4.69) is 138 Å². The molecule has 0 fully saturated rings. The Kier molecular flexibility index (Phi) is 5.00. The van der Waals surface area contributed by atoms with E-state index in [0.717, 1.165) is 0 Å². The third-order valence-electron chi connectivity index (χ3n) is 6.18. The van der Waals surface area contributed by atoms with Gasteiger partial charge in [0.25, 0.3) is 0 Å². The Labute approximate surface area is 186 Å². The molecule has 5 rings (SSSR count). The molecule has 0 aliphatic rings. The molecule has 3 heteroatoms.